The van der Waals surface area contributed by atoms with Gasteiger partial charge in [0, 0.05) is 12.1 Å². The van der Waals surface area contributed by atoms with Gasteiger partial charge in [0.25, 0.3) is 0 Å². The molecule has 0 spiro atoms. The molecule has 0 amide bonds. The molecule has 1 aliphatic rings. The molecule has 1 atom stereocenters. The zero-order valence-corrected chi connectivity index (χ0v) is 9.04. The van der Waals surface area contributed by atoms with Crippen molar-refractivity contribution >= 4 is 0 Å². The minimum absolute atomic E-state index is 0.0120. The predicted molar refractivity (Wildman–Crippen MR) is 51.6 cm³/mol. The lowest BCUT2D eigenvalue weighted by atomic mass is 9.86. The Kier molecular flexibility index (Phi) is 2.72. The maximum Gasteiger partial charge on any atom is 0.0564 e. The first-order valence-corrected chi connectivity index (χ1v) is 4.88. The van der Waals surface area contributed by atoms with Gasteiger partial charge in [-0.3, -0.25) is 0 Å². The monoisotopic (exact) mass is 187 g/mol. The average Bonchev–Trinajstić information content (AvgIpc) is 1.85. The molecule has 0 unspecified atom stereocenters. The van der Waals surface area contributed by atoms with Crippen LogP contribution in [-0.4, -0.2) is 33.6 Å². The highest BCUT2D eigenvalue weighted by Crippen LogP contribution is 2.34. The Bertz CT molecular complexity index is 189. The van der Waals surface area contributed by atoms with Crippen molar-refractivity contribution in [2.75, 3.05) is 6.54 Å². The van der Waals surface area contributed by atoms with Crippen LogP contribution in [0, 0.1) is 5.41 Å². The van der Waals surface area contributed by atoms with Crippen molar-refractivity contribution in [3.05, 3.63) is 0 Å². The third-order valence-corrected chi connectivity index (χ3v) is 2.80. The summed E-state index contributed by atoms with van der Waals surface area (Å²) in [7, 11) is 0. The van der Waals surface area contributed by atoms with E-state index in [1.165, 1.54) is 5.06 Å². The van der Waals surface area contributed by atoms with Gasteiger partial charge in [-0.2, -0.15) is 5.06 Å². The summed E-state index contributed by atoms with van der Waals surface area (Å²) in [5.74, 6) is 0. The van der Waals surface area contributed by atoms with Crippen molar-refractivity contribution in [1.82, 2.24) is 5.06 Å². The fraction of sp³-hybridized carbons (Fsp3) is 1.00. The van der Waals surface area contributed by atoms with Crippen molar-refractivity contribution in [1.29, 1.82) is 0 Å². The van der Waals surface area contributed by atoms with Crippen LogP contribution in [0.15, 0.2) is 0 Å². The summed E-state index contributed by atoms with van der Waals surface area (Å²) in [5, 5.41) is 20.9. The summed E-state index contributed by atoms with van der Waals surface area (Å²) in [5.41, 5.74) is -0.324. The number of hydroxylamine groups is 2. The van der Waals surface area contributed by atoms with Crippen LogP contribution >= 0.6 is 0 Å². The van der Waals surface area contributed by atoms with Crippen LogP contribution in [0.4, 0.5) is 0 Å². The van der Waals surface area contributed by atoms with Crippen LogP contribution in [0.25, 0.3) is 0 Å². The van der Waals surface area contributed by atoms with Gasteiger partial charge < -0.3 is 10.3 Å². The first-order chi connectivity index (χ1) is 5.73. The molecule has 0 aromatic carbocycles. The Balaban J connectivity index is 2.80. The maximum absolute atomic E-state index is 9.79. The molecule has 13 heavy (non-hydrogen) atoms. The van der Waals surface area contributed by atoms with Crippen molar-refractivity contribution < 1.29 is 10.3 Å². The Hall–Kier alpha value is -0.120. The van der Waals surface area contributed by atoms with Gasteiger partial charge in [0.15, 0.2) is 0 Å². The second-order valence-electron chi connectivity index (χ2n) is 5.60. The van der Waals surface area contributed by atoms with E-state index in [4.69, 9.17) is 0 Å². The largest absolute Gasteiger partial charge is 0.393 e. The summed E-state index contributed by atoms with van der Waals surface area (Å²) in [6, 6.07) is 0. The highest BCUT2D eigenvalue weighted by Gasteiger charge is 2.38. The summed E-state index contributed by atoms with van der Waals surface area (Å²) >= 11 is 0. The molecule has 1 aliphatic heterocycles. The van der Waals surface area contributed by atoms with E-state index in [1.54, 1.807) is 0 Å². The number of rotatable bonds is 0. The van der Waals surface area contributed by atoms with Crippen molar-refractivity contribution in [2.45, 2.75) is 52.2 Å². The molecule has 0 bridgehead atoms. The van der Waals surface area contributed by atoms with E-state index in [0.717, 1.165) is 6.42 Å². The molecule has 1 saturated heterocycles. The number of hydrogen-bond donors (Lipinski definition) is 2. The molecule has 1 rings (SSSR count). The molecule has 0 saturated carbocycles. The van der Waals surface area contributed by atoms with Gasteiger partial charge >= 0.3 is 0 Å². The first-order valence-electron chi connectivity index (χ1n) is 4.88. The average molecular weight is 187 g/mol. The second kappa shape index (κ2) is 3.23. The Morgan fingerprint density at radius 1 is 1.15 bits per heavy atom. The van der Waals surface area contributed by atoms with E-state index in [0.29, 0.717) is 13.0 Å². The molecule has 3 heteroatoms. The van der Waals surface area contributed by atoms with E-state index >= 15 is 0 Å². The summed E-state index contributed by atoms with van der Waals surface area (Å²) in [6.45, 7) is 8.67. The van der Waals surface area contributed by atoms with Crippen LogP contribution in [0.2, 0.25) is 0 Å². The normalized spacial score (nSPS) is 34.2. The molecule has 0 aromatic rings. The number of nitrogens with zero attached hydrogens (tertiary/aromatic N) is 1. The minimum atomic E-state index is -0.312. The molecule has 1 heterocycles. The lowest BCUT2D eigenvalue weighted by molar-refractivity contribution is -0.174. The molecule has 78 valence electrons. The quantitative estimate of drug-likeness (QED) is 0.606. The van der Waals surface area contributed by atoms with Gasteiger partial charge in [-0.25, -0.2) is 0 Å². The van der Waals surface area contributed by atoms with Gasteiger partial charge in [0.1, 0.15) is 0 Å². The van der Waals surface area contributed by atoms with Gasteiger partial charge in [-0.05, 0) is 32.1 Å². The zero-order valence-electron chi connectivity index (χ0n) is 9.04. The van der Waals surface area contributed by atoms with Gasteiger partial charge in [0.05, 0.1) is 6.10 Å². The highest BCUT2D eigenvalue weighted by atomic mass is 16.5. The van der Waals surface area contributed by atoms with Crippen molar-refractivity contribution in [3.63, 3.8) is 0 Å². The van der Waals surface area contributed by atoms with E-state index in [1.807, 2.05) is 13.8 Å². The summed E-state index contributed by atoms with van der Waals surface area (Å²) in [6.07, 6.45) is 1.09. The van der Waals surface area contributed by atoms with E-state index in [2.05, 4.69) is 13.8 Å². The summed E-state index contributed by atoms with van der Waals surface area (Å²) in [4.78, 5) is 0. The number of aliphatic hydroxyl groups is 1. The van der Waals surface area contributed by atoms with Crippen molar-refractivity contribution in [2.24, 2.45) is 5.41 Å². The molecule has 0 aromatic heterocycles. The van der Waals surface area contributed by atoms with Gasteiger partial charge in [0.2, 0.25) is 0 Å². The van der Waals surface area contributed by atoms with Crippen LogP contribution in [0.3, 0.4) is 0 Å². The Morgan fingerprint density at radius 3 is 2.23 bits per heavy atom. The van der Waals surface area contributed by atoms with Gasteiger partial charge in [-0.15, -0.1) is 0 Å². The maximum atomic E-state index is 9.79. The standard InChI is InChI=1S/C10H21NO2/c1-9(2)5-8(12)6-10(3,4)11(13)7-9/h8,12-13H,5-7H2,1-4H3/t8-/m0/s1. The predicted octanol–water partition coefficient (Wildman–Crippen LogP) is 1.64. The van der Waals surface area contributed by atoms with Crippen LogP contribution in [0.5, 0.6) is 0 Å². The van der Waals surface area contributed by atoms with Crippen molar-refractivity contribution in [3.8, 4) is 0 Å². The molecule has 3 nitrogen and oxygen atoms in total. The lowest BCUT2D eigenvalue weighted by Crippen LogP contribution is -2.44. The molecular weight excluding hydrogens is 166 g/mol. The molecular formula is C10H21NO2. The first kappa shape index (κ1) is 11.0. The van der Waals surface area contributed by atoms with E-state index in [9.17, 15) is 10.3 Å². The molecule has 1 fully saturated rings. The Labute approximate surface area is 80.3 Å². The minimum Gasteiger partial charge on any atom is -0.393 e. The van der Waals surface area contributed by atoms with Crippen LogP contribution < -0.4 is 0 Å². The highest BCUT2D eigenvalue weighted by molar-refractivity contribution is 4.89. The number of hydrogen-bond acceptors (Lipinski definition) is 3. The smallest absolute Gasteiger partial charge is 0.0564 e. The van der Waals surface area contributed by atoms with Crippen LogP contribution in [-0.2, 0) is 0 Å². The van der Waals surface area contributed by atoms with E-state index in [-0.39, 0.29) is 17.1 Å². The third kappa shape index (κ3) is 2.66. The van der Waals surface area contributed by atoms with Crippen LogP contribution in [0.1, 0.15) is 40.5 Å². The molecule has 0 radical (unpaired) electrons. The molecule has 2 N–H and O–H groups in total. The number of aliphatic hydroxyl groups excluding tert-OH is 1. The summed E-state index contributed by atoms with van der Waals surface area (Å²) < 4.78 is 0. The topological polar surface area (TPSA) is 43.7 Å². The second-order valence-corrected chi connectivity index (χ2v) is 5.60. The fourth-order valence-electron chi connectivity index (χ4n) is 2.08. The lowest BCUT2D eigenvalue weighted by Gasteiger charge is -2.34. The fourth-order valence-corrected chi connectivity index (χ4v) is 2.08. The van der Waals surface area contributed by atoms with Gasteiger partial charge in [-0.1, -0.05) is 13.8 Å². The zero-order chi connectivity index (χ0) is 10.3. The third-order valence-electron chi connectivity index (χ3n) is 2.80. The van der Waals surface area contributed by atoms with E-state index < -0.39 is 0 Å². The Morgan fingerprint density at radius 2 is 1.69 bits per heavy atom. The SMILES string of the molecule is CC1(C)C[C@H](O)CC(C)(C)N(O)C1. The molecule has 0 aliphatic carbocycles.